The molecule has 9 heteroatoms. The van der Waals surface area contributed by atoms with Gasteiger partial charge in [-0.25, -0.2) is 4.98 Å². The van der Waals surface area contributed by atoms with E-state index in [0.29, 0.717) is 11.2 Å². The topological polar surface area (TPSA) is 79.8 Å². The molecule has 0 unspecified atom stereocenters. The van der Waals surface area contributed by atoms with Crippen LogP contribution < -0.4 is 10.6 Å². The molecule has 1 aromatic carbocycles. The Morgan fingerprint density at radius 3 is 2.57 bits per heavy atom. The van der Waals surface area contributed by atoms with E-state index in [4.69, 9.17) is 0 Å². The predicted octanol–water partition coefficient (Wildman–Crippen LogP) is 5.16. The Bertz CT molecular complexity index is 920. The Labute approximate surface area is 177 Å². The van der Waals surface area contributed by atoms with Crippen LogP contribution >= 0.6 is 34.4 Å². The molecule has 0 aliphatic heterocycles. The molecule has 0 aliphatic carbocycles. The monoisotopic (exact) mass is 433 g/mol. The third kappa shape index (κ3) is 5.52. The highest BCUT2D eigenvalue weighted by atomic mass is 32.2. The van der Waals surface area contributed by atoms with Gasteiger partial charge in [-0.3, -0.25) is 4.79 Å². The number of aromatic nitrogens is 3. The number of thioether (sulfide) groups is 1. The second-order valence-corrected chi connectivity index (χ2v) is 9.93. The van der Waals surface area contributed by atoms with E-state index in [1.54, 1.807) is 0 Å². The number of rotatable bonds is 8. The number of carbonyl (C=O) groups excluding carboxylic acids is 1. The average Bonchev–Trinajstić information content (AvgIpc) is 3.31. The predicted molar refractivity (Wildman–Crippen MR) is 120 cm³/mol. The molecule has 1 amide bonds. The van der Waals surface area contributed by atoms with E-state index in [0.717, 1.165) is 27.1 Å². The zero-order valence-electron chi connectivity index (χ0n) is 16.2. The number of aryl methyl sites for hydroxylation is 1. The quantitative estimate of drug-likeness (QED) is 0.478. The summed E-state index contributed by atoms with van der Waals surface area (Å²) in [5.41, 5.74) is 3.22. The number of thiazole rings is 1. The number of hydrogen-bond acceptors (Lipinski definition) is 8. The molecular formula is C19H23N5OS3. The van der Waals surface area contributed by atoms with Gasteiger partial charge in [-0.2, -0.15) is 0 Å². The first-order valence-electron chi connectivity index (χ1n) is 9.07. The minimum atomic E-state index is -0.295. The first-order chi connectivity index (χ1) is 13.4. The third-order valence-corrected chi connectivity index (χ3v) is 6.65. The van der Waals surface area contributed by atoms with Gasteiger partial charge in [0, 0.05) is 17.0 Å². The Kier molecular flexibility index (Phi) is 7.03. The SMILES string of the molecule is CCc1ccc(-c2csc(NC(=O)[C@H](C)Sc3nnc(NC(C)C)s3)n2)cc1. The van der Waals surface area contributed by atoms with E-state index in [2.05, 4.69) is 57.0 Å². The standard InChI is InChI=1S/C19H23N5OS3/c1-5-13-6-8-14(9-7-13)15-10-26-17(21-15)22-16(25)12(4)27-19-24-23-18(28-19)20-11(2)3/h6-12H,5H2,1-4H3,(H,20,23)(H,21,22,25)/t12-/m0/s1. The van der Waals surface area contributed by atoms with Gasteiger partial charge in [0.1, 0.15) is 0 Å². The van der Waals surface area contributed by atoms with E-state index in [-0.39, 0.29) is 11.2 Å². The van der Waals surface area contributed by atoms with Gasteiger partial charge in [0.2, 0.25) is 11.0 Å². The summed E-state index contributed by atoms with van der Waals surface area (Å²) < 4.78 is 0.765. The molecule has 28 heavy (non-hydrogen) atoms. The van der Waals surface area contributed by atoms with Crippen molar-refractivity contribution in [3.05, 3.63) is 35.2 Å². The van der Waals surface area contributed by atoms with Gasteiger partial charge in [-0.1, -0.05) is 54.3 Å². The lowest BCUT2D eigenvalue weighted by Crippen LogP contribution is -2.22. The van der Waals surface area contributed by atoms with Crippen LogP contribution in [0.2, 0.25) is 0 Å². The highest BCUT2D eigenvalue weighted by Gasteiger charge is 2.19. The smallest absolute Gasteiger partial charge is 0.239 e. The van der Waals surface area contributed by atoms with Crippen molar-refractivity contribution >= 4 is 50.6 Å². The van der Waals surface area contributed by atoms with Crippen LogP contribution in [0.4, 0.5) is 10.3 Å². The van der Waals surface area contributed by atoms with E-state index in [1.807, 2.05) is 26.2 Å². The van der Waals surface area contributed by atoms with Crippen molar-refractivity contribution in [2.24, 2.45) is 0 Å². The molecule has 0 spiro atoms. The molecule has 0 radical (unpaired) electrons. The lowest BCUT2D eigenvalue weighted by atomic mass is 10.1. The second-order valence-electron chi connectivity index (χ2n) is 6.51. The van der Waals surface area contributed by atoms with Crippen molar-refractivity contribution < 1.29 is 4.79 Å². The van der Waals surface area contributed by atoms with Crippen molar-refractivity contribution in [2.45, 2.75) is 49.7 Å². The summed E-state index contributed by atoms with van der Waals surface area (Å²) in [7, 11) is 0. The summed E-state index contributed by atoms with van der Waals surface area (Å²) in [4.78, 5) is 17.1. The molecule has 2 aromatic heterocycles. The molecule has 3 aromatic rings. The van der Waals surface area contributed by atoms with Gasteiger partial charge in [-0.05, 0) is 32.8 Å². The molecular weight excluding hydrogens is 410 g/mol. The minimum Gasteiger partial charge on any atom is -0.358 e. The van der Waals surface area contributed by atoms with Crippen LogP contribution in [0.5, 0.6) is 0 Å². The van der Waals surface area contributed by atoms with E-state index in [9.17, 15) is 4.79 Å². The maximum atomic E-state index is 12.5. The average molecular weight is 434 g/mol. The van der Waals surface area contributed by atoms with Gasteiger partial charge in [0.05, 0.1) is 10.9 Å². The summed E-state index contributed by atoms with van der Waals surface area (Å²) >= 11 is 4.28. The lowest BCUT2D eigenvalue weighted by Gasteiger charge is -2.08. The molecule has 1 atom stereocenters. The highest BCUT2D eigenvalue weighted by Crippen LogP contribution is 2.30. The molecule has 2 heterocycles. The zero-order chi connectivity index (χ0) is 20.1. The Morgan fingerprint density at radius 1 is 1.14 bits per heavy atom. The van der Waals surface area contributed by atoms with Gasteiger partial charge in [-0.15, -0.1) is 21.5 Å². The van der Waals surface area contributed by atoms with E-state index < -0.39 is 0 Å². The van der Waals surface area contributed by atoms with Crippen molar-refractivity contribution in [1.29, 1.82) is 0 Å². The molecule has 2 N–H and O–H groups in total. The van der Waals surface area contributed by atoms with Crippen molar-refractivity contribution in [3.63, 3.8) is 0 Å². The normalized spacial score (nSPS) is 12.2. The van der Waals surface area contributed by atoms with E-state index in [1.165, 1.54) is 40.0 Å². The number of nitrogens with zero attached hydrogens (tertiary/aromatic N) is 3. The van der Waals surface area contributed by atoms with Gasteiger partial charge in [0.15, 0.2) is 9.47 Å². The van der Waals surface area contributed by atoms with E-state index >= 15 is 0 Å². The van der Waals surface area contributed by atoms with Crippen LogP contribution in [0.3, 0.4) is 0 Å². The second kappa shape index (κ2) is 9.49. The Morgan fingerprint density at radius 2 is 1.89 bits per heavy atom. The lowest BCUT2D eigenvalue weighted by molar-refractivity contribution is -0.115. The number of nitrogens with one attached hydrogen (secondary N) is 2. The minimum absolute atomic E-state index is 0.0965. The van der Waals surface area contributed by atoms with Gasteiger partial charge in [0.25, 0.3) is 0 Å². The van der Waals surface area contributed by atoms with Crippen molar-refractivity contribution in [3.8, 4) is 11.3 Å². The van der Waals surface area contributed by atoms with Crippen molar-refractivity contribution in [1.82, 2.24) is 15.2 Å². The molecule has 0 fully saturated rings. The fraction of sp³-hybridized carbons (Fsp3) is 0.368. The van der Waals surface area contributed by atoms with Crippen LogP contribution in [-0.4, -0.2) is 32.4 Å². The van der Waals surface area contributed by atoms with Gasteiger partial charge >= 0.3 is 0 Å². The summed E-state index contributed by atoms with van der Waals surface area (Å²) in [5, 5.41) is 17.4. The highest BCUT2D eigenvalue weighted by molar-refractivity contribution is 8.02. The molecule has 0 saturated heterocycles. The number of benzene rings is 1. The van der Waals surface area contributed by atoms with Crippen LogP contribution in [0.25, 0.3) is 11.3 Å². The summed E-state index contributed by atoms with van der Waals surface area (Å²) in [5.74, 6) is -0.0965. The van der Waals surface area contributed by atoms with Crippen LogP contribution in [-0.2, 0) is 11.2 Å². The number of anilines is 2. The molecule has 0 bridgehead atoms. The zero-order valence-corrected chi connectivity index (χ0v) is 18.7. The molecule has 148 valence electrons. The first-order valence-corrected chi connectivity index (χ1v) is 11.6. The van der Waals surface area contributed by atoms with Crippen molar-refractivity contribution in [2.75, 3.05) is 10.6 Å². The molecule has 0 saturated carbocycles. The summed E-state index contributed by atoms with van der Waals surface area (Å²) in [6.07, 6.45) is 1.01. The maximum Gasteiger partial charge on any atom is 0.239 e. The van der Waals surface area contributed by atoms with Gasteiger partial charge < -0.3 is 10.6 Å². The maximum absolute atomic E-state index is 12.5. The fourth-order valence-corrected chi connectivity index (χ4v) is 5.11. The molecule has 3 rings (SSSR count). The number of carbonyl (C=O) groups is 1. The Hall–Kier alpha value is -1.97. The first kappa shape index (κ1) is 20.8. The molecule has 0 aliphatic rings. The van der Waals surface area contributed by atoms with Crippen LogP contribution in [0, 0.1) is 0 Å². The molecule has 6 nitrogen and oxygen atoms in total. The third-order valence-electron chi connectivity index (χ3n) is 3.86. The number of hydrogen-bond donors (Lipinski definition) is 2. The summed E-state index contributed by atoms with van der Waals surface area (Å²) in [6, 6.07) is 8.64. The Balaban J connectivity index is 1.58. The summed E-state index contributed by atoms with van der Waals surface area (Å²) in [6.45, 7) is 8.08. The number of amides is 1. The fourth-order valence-electron chi connectivity index (χ4n) is 2.35. The van der Waals surface area contributed by atoms with Crippen LogP contribution in [0.1, 0.15) is 33.3 Å². The largest absolute Gasteiger partial charge is 0.358 e. The van der Waals surface area contributed by atoms with Crippen LogP contribution in [0.15, 0.2) is 34.0 Å².